The third-order valence-corrected chi connectivity index (χ3v) is 4.49. The predicted octanol–water partition coefficient (Wildman–Crippen LogP) is 0.970. The molecule has 1 N–H and O–H groups in total. The van der Waals surface area contributed by atoms with Crippen molar-refractivity contribution in [2.24, 2.45) is 0 Å². The van der Waals surface area contributed by atoms with Gasteiger partial charge in [0.2, 0.25) is 10.0 Å². The van der Waals surface area contributed by atoms with Crippen LogP contribution in [-0.2, 0) is 10.0 Å². The first-order valence-electron chi connectivity index (χ1n) is 5.59. The second-order valence-corrected chi connectivity index (χ2v) is 7.40. The number of aryl methyl sites for hydroxylation is 1. The fourth-order valence-corrected chi connectivity index (χ4v) is 3.63. The Morgan fingerprint density at radius 1 is 1.47 bits per heavy atom. The van der Waals surface area contributed by atoms with Crippen LogP contribution in [0.4, 0.5) is 5.13 Å². The molecule has 0 aliphatic carbocycles. The van der Waals surface area contributed by atoms with E-state index < -0.39 is 10.0 Å². The Bertz CT molecular complexity index is 475. The maximum Gasteiger partial charge on any atom is 0.208 e. The first-order chi connectivity index (χ1) is 7.94. The molecule has 0 saturated carbocycles. The van der Waals surface area contributed by atoms with Gasteiger partial charge in [0.1, 0.15) is 0 Å². The minimum absolute atomic E-state index is 0.0716. The Balaban J connectivity index is 1.90. The van der Waals surface area contributed by atoms with Gasteiger partial charge < -0.3 is 4.90 Å². The third-order valence-electron chi connectivity index (χ3n) is 2.76. The Kier molecular flexibility index (Phi) is 3.70. The topological polar surface area (TPSA) is 62.3 Å². The van der Waals surface area contributed by atoms with E-state index in [1.165, 1.54) is 11.1 Å². The van der Waals surface area contributed by atoms with Gasteiger partial charge in [0, 0.05) is 30.2 Å². The Morgan fingerprint density at radius 3 is 2.59 bits per heavy atom. The zero-order chi connectivity index (χ0) is 12.5. The lowest BCUT2D eigenvalue weighted by atomic mass is 10.1. The van der Waals surface area contributed by atoms with Gasteiger partial charge in [0.25, 0.3) is 0 Å². The van der Waals surface area contributed by atoms with E-state index in [9.17, 15) is 8.42 Å². The van der Waals surface area contributed by atoms with Crippen LogP contribution < -0.4 is 9.62 Å². The van der Waals surface area contributed by atoms with Crippen LogP contribution in [0.2, 0.25) is 0 Å². The lowest BCUT2D eigenvalue weighted by molar-refractivity contribution is 0.461. The molecule has 1 aliphatic rings. The molecular formula is C10H17N3O2S2. The number of aromatic nitrogens is 1. The van der Waals surface area contributed by atoms with E-state index in [4.69, 9.17) is 0 Å². The SMILES string of the molecule is Cc1cnc(N2CCC(NS(C)(=O)=O)CC2)s1. The van der Waals surface area contributed by atoms with E-state index in [1.807, 2.05) is 13.1 Å². The number of anilines is 1. The fourth-order valence-electron chi connectivity index (χ4n) is 1.98. The second-order valence-electron chi connectivity index (χ2n) is 4.40. The van der Waals surface area contributed by atoms with Crippen LogP contribution in [0.1, 0.15) is 17.7 Å². The van der Waals surface area contributed by atoms with E-state index in [2.05, 4.69) is 14.6 Å². The van der Waals surface area contributed by atoms with E-state index in [0.29, 0.717) is 0 Å². The van der Waals surface area contributed by atoms with Crippen molar-refractivity contribution in [3.63, 3.8) is 0 Å². The number of thiazole rings is 1. The van der Waals surface area contributed by atoms with Crippen LogP contribution in [0.25, 0.3) is 0 Å². The van der Waals surface area contributed by atoms with Gasteiger partial charge in [0.15, 0.2) is 5.13 Å². The zero-order valence-electron chi connectivity index (χ0n) is 10.0. The van der Waals surface area contributed by atoms with Crippen molar-refractivity contribution in [3.05, 3.63) is 11.1 Å². The number of sulfonamides is 1. The highest BCUT2D eigenvalue weighted by Gasteiger charge is 2.22. The molecule has 0 unspecified atom stereocenters. The van der Waals surface area contributed by atoms with Gasteiger partial charge in [-0.05, 0) is 19.8 Å². The summed E-state index contributed by atoms with van der Waals surface area (Å²) in [4.78, 5) is 7.77. The van der Waals surface area contributed by atoms with Gasteiger partial charge in [-0.15, -0.1) is 11.3 Å². The van der Waals surface area contributed by atoms with Crippen LogP contribution in [0.3, 0.4) is 0 Å². The lowest BCUT2D eigenvalue weighted by Gasteiger charge is -2.31. The summed E-state index contributed by atoms with van der Waals surface area (Å²) in [6.07, 6.45) is 4.77. The van der Waals surface area contributed by atoms with Crippen molar-refractivity contribution in [1.82, 2.24) is 9.71 Å². The number of hydrogen-bond acceptors (Lipinski definition) is 5. The molecule has 0 bridgehead atoms. The van der Waals surface area contributed by atoms with Crippen molar-refractivity contribution in [3.8, 4) is 0 Å². The summed E-state index contributed by atoms with van der Waals surface area (Å²) in [6, 6.07) is 0.0716. The molecule has 0 radical (unpaired) electrons. The van der Waals surface area contributed by atoms with Crippen molar-refractivity contribution >= 4 is 26.5 Å². The molecule has 1 aliphatic heterocycles. The molecule has 17 heavy (non-hydrogen) atoms. The second kappa shape index (κ2) is 4.91. The first kappa shape index (κ1) is 12.8. The highest BCUT2D eigenvalue weighted by atomic mass is 32.2. The Hall–Kier alpha value is -0.660. The van der Waals surface area contributed by atoms with Gasteiger partial charge in [-0.25, -0.2) is 18.1 Å². The molecule has 96 valence electrons. The van der Waals surface area contributed by atoms with Crippen LogP contribution in [0.15, 0.2) is 6.20 Å². The third kappa shape index (κ3) is 3.65. The van der Waals surface area contributed by atoms with E-state index in [0.717, 1.165) is 31.1 Å². The average molecular weight is 275 g/mol. The molecule has 1 fully saturated rings. The maximum absolute atomic E-state index is 11.1. The normalized spacial score (nSPS) is 18.6. The number of rotatable bonds is 3. The molecule has 1 aromatic rings. The van der Waals surface area contributed by atoms with Crippen LogP contribution in [0.5, 0.6) is 0 Å². The van der Waals surface area contributed by atoms with Crippen molar-refractivity contribution in [1.29, 1.82) is 0 Å². The zero-order valence-corrected chi connectivity index (χ0v) is 11.6. The molecule has 5 nitrogen and oxygen atoms in total. The fraction of sp³-hybridized carbons (Fsp3) is 0.700. The minimum atomic E-state index is -3.08. The van der Waals surface area contributed by atoms with Crippen LogP contribution in [0, 0.1) is 6.92 Å². The number of hydrogen-bond donors (Lipinski definition) is 1. The summed E-state index contributed by atoms with van der Waals surface area (Å²) in [5, 5.41) is 1.04. The monoisotopic (exact) mass is 275 g/mol. The summed E-state index contributed by atoms with van der Waals surface area (Å²) in [5.74, 6) is 0. The van der Waals surface area contributed by atoms with E-state index in [-0.39, 0.29) is 6.04 Å². The predicted molar refractivity (Wildman–Crippen MR) is 70.1 cm³/mol. The van der Waals surface area contributed by atoms with E-state index in [1.54, 1.807) is 11.3 Å². The van der Waals surface area contributed by atoms with Gasteiger partial charge in [-0.2, -0.15) is 0 Å². The highest BCUT2D eigenvalue weighted by Crippen LogP contribution is 2.24. The maximum atomic E-state index is 11.1. The number of nitrogens with zero attached hydrogens (tertiary/aromatic N) is 2. The summed E-state index contributed by atoms with van der Waals surface area (Å²) in [6.45, 7) is 3.76. The molecule has 0 amide bonds. The molecule has 1 aromatic heterocycles. The quantitative estimate of drug-likeness (QED) is 0.893. The molecule has 2 rings (SSSR count). The number of piperidine rings is 1. The van der Waals surface area contributed by atoms with E-state index >= 15 is 0 Å². The standard InChI is InChI=1S/C10H17N3O2S2/c1-8-7-11-10(16-8)13-5-3-9(4-6-13)12-17(2,14)15/h7,9,12H,3-6H2,1-2H3. The van der Waals surface area contributed by atoms with Crippen LogP contribution >= 0.6 is 11.3 Å². The largest absolute Gasteiger partial charge is 0.348 e. The molecular weight excluding hydrogens is 258 g/mol. The van der Waals surface area contributed by atoms with Crippen molar-refractivity contribution in [2.75, 3.05) is 24.2 Å². The molecule has 7 heteroatoms. The van der Waals surface area contributed by atoms with Gasteiger partial charge in [-0.3, -0.25) is 0 Å². The molecule has 0 spiro atoms. The summed E-state index contributed by atoms with van der Waals surface area (Å²) in [5.41, 5.74) is 0. The Morgan fingerprint density at radius 2 is 2.12 bits per heavy atom. The van der Waals surface area contributed by atoms with Gasteiger partial charge >= 0.3 is 0 Å². The smallest absolute Gasteiger partial charge is 0.208 e. The number of nitrogens with one attached hydrogen (secondary N) is 1. The summed E-state index contributed by atoms with van der Waals surface area (Å²) in [7, 11) is -3.08. The average Bonchev–Trinajstić information content (AvgIpc) is 2.63. The van der Waals surface area contributed by atoms with Crippen LogP contribution in [-0.4, -0.2) is 38.8 Å². The molecule has 2 heterocycles. The van der Waals surface area contributed by atoms with Gasteiger partial charge in [0.05, 0.1) is 6.26 Å². The minimum Gasteiger partial charge on any atom is -0.348 e. The van der Waals surface area contributed by atoms with Crippen molar-refractivity contribution in [2.45, 2.75) is 25.8 Å². The molecule has 0 aromatic carbocycles. The molecule has 0 atom stereocenters. The Labute approximate surface area is 106 Å². The summed E-state index contributed by atoms with van der Waals surface area (Å²) < 4.78 is 24.9. The first-order valence-corrected chi connectivity index (χ1v) is 8.29. The van der Waals surface area contributed by atoms with Gasteiger partial charge in [-0.1, -0.05) is 0 Å². The van der Waals surface area contributed by atoms with Crippen molar-refractivity contribution < 1.29 is 8.42 Å². The molecule has 1 saturated heterocycles. The highest BCUT2D eigenvalue weighted by molar-refractivity contribution is 7.88. The summed E-state index contributed by atoms with van der Waals surface area (Å²) >= 11 is 1.68. The lowest BCUT2D eigenvalue weighted by Crippen LogP contribution is -2.44.